The number of rotatable bonds is 6. The van der Waals surface area contributed by atoms with Crippen LogP contribution in [0.25, 0.3) is 6.08 Å². The highest BCUT2D eigenvalue weighted by molar-refractivity contribution is 5.57. The Labute approximate surface area is 187 Å². The van der Waals surface area contributed by atoms with Gasteiger partial charge in [-0.1, -0.05) is 54.6 Å². The maximum absolute atomic E-state index is 13.5. The number of piperazine rings is 1. The number of hydrogen-bond acceptors (Lipinski definition) is 3. The predicted octanol–water partition coefficient (Wildman–Crippen LogP) is 5.28. The lowest BCUT2D eigenvalue weighted by atomic mass is 9.96. The first-order valence-corrected chi connectivity index (χ1v) is 10.8. The molecule has 0 aliphatic carbocycles. The highest BCUT2D eigenvalue weighted by Gasteiger charge is 2.26. The van der Waals surface area contributed by atoms with Gasteiger partial charge in [0.25, 0.3) is 0 Å². The standard InChI is InChI=1S/C27H25F2N3/c28-25-10-6-23(7-11-25)27(24-8-12-26(29)13-9-24)32-16-14-31(15-17-32)20-22(19-30)18-21-4-2-1-3-5-21/h1-13,18,27H,14-17,20H2/b22-18-. The van der Waals surface area contributed by atoms with Crippen LogP contribution >= 0.6 is 0 Å². The van der Waals surface area contributed by atoms with Crippen molar-refractivity contribution in [1.82, 2.24) is 9.80 Å². The van der Waals surface area contributed by atoms with Gasteiger partial charge in [-0.15, -0.1) is 0 Å². The van der Waals surface area contributed by atoms with Gasteiger partial charge in [0.2, 0.25) is 0 Å². The Kier molecular flexibility index (Phi) is 7.06. The van der Waals surface area contributed by atoms with Gasteiger partial charge >= 0.3 is 0 Å². The molecule has 0 amide bonds. The minimum atomic E-state index is -0.273. The lowest BCUT2D eigenvalue weighted by Crippen LogP contribution is -2.48. The summed E-state index contributed by atoms with van der Waals surface area (Å²) >= 11 is 0. The van der Waals surface area contributed by atoms with Crippen LogP contribution in [0, 0.1) is 23.0 Å². The van der Waals surface area contributed by atoms with E-state index in [1.165, 1.54) is 24.3 Å². The minimum absolute atomic E-state index is 0.0753. The van der Waals surface area contributed by atoms with Crippen molar-refractivity contribution in [2.75, 3.05) is 32.7 Å². The molecule has 0 saturated carbocycles. The Balaban J connectivity index is 1.47. The predicted molar refractivity (Wildman–Crippen MR) is 123 cm³/mol. The summed E-state index contributed by atoms with van der Waals surface area (Å²) in [6.45, 7) is 3.82. The van der Waals surface area contributed by atoms with Crippen LogP contribution < -0.4 is 0 Å². The first-order chi connectivity index (χ1) is 15.6. The Hall–Kier alpha value is -3.33. The molecule has 162 valence electrons. The van der Waals surface area contributed by atoms with Crippen molar-refractivity contribution < 1.29 is 8.78 Å². The lowest BCUT2D eigenvalue weighted by molar-refractivity contribution is 0.116. The number of nitrogens with zero attached hydrogens (tertiary/aromatic N) is 3. The average molecular weight is 430 g/mol. The summed E-state index contributed by atoms with van der Waals surface area (Å²) in [6, 6.07) is 25.2. The van der Waals surface area contributed by atoms with E-state index in [4.69, 9.17) is 0 Å². The van der Waals surface area contributed by atoms with Crippen molar-refractivity contribution in [2.45, 2.75) is 6.04 Å². The third kappa shape index (κ3) is 5.47. The largest absolute Gasteiger partial charge is 0.296 e. The Morgan fingerprint density at radius 1 is 0.812 bits per heavy atom. The zero-order chi connectivity index (χ0) is 22.3. The monoisotopic (exact) mass is 429 g/mol. The fourth-order valence-electron chi connectivity index (χ4n) is 4.19. The van der Waals surface area contributed by atoms with Crippen LogP contribution in [0.2, 0.25) is 0 Å². The summed E-state index contributed by atoms with van der Waals surface area (Å²) in [5.74, 6) is -0.545. The molecule has 0 atom stereocenters. The smallest absolute Gasteiger partial charge is 0.123 e. The van der Waals surface area contributed by atoms with E-state index in [9.17, 15) is 14.0 Å². The zero-order valence-corrected chi connectivity index (χ0v) is 17.8. The van der Waals surface area contributed by atoms with Gasteiger partial charge in [-0.05, 0) is 47.0 Å². The highest BCUT2D eigenvalue weighted by atomic mass is 19.1. The van der Waals surface area contributed by atoms with E-state index >= 15 is 0 Å². The van der Waals surface area contributed by atoms with Crippen LogP contribution in [-0.4, -0.2) is 42.5 Å². The molecule has 4 rings (SSSR count). The van der Waals surface area contributed by atoms with Crippen molar-refractivity contribution in [2.24, 2.45) is 0 Å². The fraction of sp³-hybridized carbons (Fsp3) is 0.222. The van der Waals surface area contributed by atoms with E-state index in [2.05, 4.69) is 15.9 Å². The minimum Gasteiger partial charge on any atom is -0.296 e. The van der Waals surface area contributed by atoms with Gasteiger partial charge < -0.3 is 0 Å². The fourth-order valence-corrected chi connectivity index (χ4v) is 4.19. The molecule has 3 nitrogen and oxygen atoms in total. The number of halogens is 2. The maximum atomic E-state index is 13.5. The Morgan fingerprint density at radius 2 is 1.34 bits per heavy atom. The van der Waals surface area contributed by atoms with E-state index in [1.807, 2.05) is 36.4 Å². The van der Waals surface area contributed by atoms with Gasteiger partial charge in [0.05, 0.1) is 12.1 Å². The normalized spacial score (nSPS) is 15.6. The Morgan fingerprint density at radius 3 is 1.84 bits per heavy atom. The topological polar surface area (TPSA) is 30.3 Å². The SMILES string of the molecule is N#C/C(=C/c1ccccc1)CN1CCN(C(c2ccc(F)cc2)c2ccc(F)cc2)CC1. The molecule has 1 aliphatic heterocycles. The van der Waals surface area contributed by atoms with Crippen LogP contribution in [-0.2, 0) is 0 Å². The first-order valence-electron chi connectivity index (χ1n) is 10.8. The van der Waals surface area contributed by atoms with Crippen molar-refractivity contribution >= 4 is 6.08 Å². The van der Waals surface area contributed by atoms with Crippen molar-refractivity contribution in [3.8, 4) is 6.07 Å². The third-order valence-corrected chi connectivity index (χ3v) is 5.82. The summed E-state index contributed by atoms with van der Waals surface area (Å²) in [4.78, 5) is 4.62. The van der Waals surface area contributed by atoms with Crippen LogP contribution in [0.3, 0.4) is 0 Å². The lowest BCUT2D eigenvalue weighted by Gasteiger charge is -2.39. The second kappa shape index (κ2) is 10.3. The Bertz CT molecular complexity index is 1030. The molecule has 3 aromatic rings. The van der Waals surface area contributed by atoms with E-state index in [0.29, 0.717) is 6.54 Å². The van der Waals surface area contributed by atoms with Crippen LogP contribution in [0.5, 0.6) is 0 Å². The molecule has 5 heteroatoms. The van der Waals surface area contributed by atoms with E-state index in [1.54, 1.807) is 24.3 Å². The summed E-state index contributed by atoms with van der Waals surface area (Å²) in [5.41, 5.74) is 3.72. The van der Waals surface area contributed by atoms with Gasteiger partial charge in [0, 0.05) is 38.3 Å². The molecule has 0 N–H and O–H groups in total. The molecule has 0 unspecified atom stereocenters. The molecular formula is C27H25F2N3. The molecular weight excluding hydrogens is 404 g/mol. The molecule has 0 spiro atoms. The second-order valence-corrected chi connectivity index (χ2v) is 8.01. The highest BCUT2D eigenvalue weighted by Crippen LogP contribution is 2.30. The van der Waals surface area contributed by atoms with E-state index in [0.717, 1.165) is 48.4 Å². The zero-order valence-electron chi connectivity index (χ0n) is 17.8. The van der Waals surface area contributed by atoms with Gasteiger partial charge in [-0.3, -0.25) is 9.80 Å². The van der Waals surface area contributed by atoms with Gasteiger partial charge in [-0.25, -0.2) is 8.78 Å². The maximum Gasteiger partial charge on any atom is 0.123 e. The molecule has 0 aromatic heterocycles. The summed E-state index contributed by atoms with van der Waals surface area (Å²) < 4.78 is 27.0. The van der Waals surface area contributed by atoms with Crippen LogP contribution in [0.15, 0.2) is 84.4 Å². The van der Waals surface area contributed by atoms with E-state index < -0.39 is 0 Å². The van der Waals surface area contributed by atoms with Gasteiger partial charge in [0.1, 0.15) is 11.6 Å². The van der Waals surface area contributed by atoms with Gasteiger partial charge in [0.15, 0.2) is 0 Å². The second-order valence-electron chi connectivity index (χ2n) is 8.01. The third-order valence-electron chi connectivity index (χ3n) is 5.82. The van der Waals surface area contributed by atoms with Crippen molar-refractivity contribution in [3.63, 3.8) is 0 Å². The summed E-state index contributed by atoms with van der Waals surface area (Å²) in [5, 5.41) is 9.58. The molecule has 0 radical (unpaired) electrons. The number of benzene rings is 3. The van der Waals surface area contributed by atoms with Crippen molar-refractivity contribution in [1.29, 1.82) is 5.26 Å². The average Bonchev–Trinajstić information content (AvgIpc) is 2.83. The van der Waals surface area contributed by atoms with Crippen LogP contribution in [0.1, 0.15) is 22.7 Å². The molecule has 1 saturated heterocycles. The first kappa shape index (κ1) is 21.9. The summed E-state index contributed by atoms with van der Waals surface area (Å²) in [6.07, 6.45) is 1.94. The molecule has 1 fully saturated rings. The van der Waals surface area contributed by atoms with E-state index in [-0.39, 0.29) is 17.7 Å². The quantitative estimate of drug-likeness (QED) is 0.500. The molecule has 1 heterocycles. The summed E-state index contributed by atoms with van der Waals surface area (Å²) in [7, 11) is 0. The molecule has 0 bridgehead atoms. The van der Waals surface area contributed by atoms with Crippen molar-refractivity contribution in [3.05, 3.63) is 113 Å². The number of hydrogen-bond donors (Lipinski definition) is 0. The van der Waals surface area contributed by atoms with Crippen LogP contribution in [0.4, 0.5) is 8.78 Å². The molecule has 32 heavy (non-hydrogen) atoms. The van der Waals surface area contributed by atoms with Gasteiger partial charge in [-0.2, -0.15) is 5.26 Å². The molecule has 3 aromatic carbocycles. The number of nitriles is 1. The molecule has 1 aliphatic rings.